The Morgan fingerprint density at radius 3 is 2.94 bits per heavy atom. The highest BCUT2D eigenvalue weighted by Crippen LogP contribution is 2.24. The summed E-state index contributed by atoms with van der Waals surface area (Å²) < 4.78 is 5.84. The first kappa shape index (κ1) is 11.9. The number of nitrogens with zero attached hydrogens (tertiary/aromatic N) is 1. The van der Waals surface area contributed by atoms with Gasteiger partial charge in [0.1, 0.15) is 5.75 Å². The molecule has 1 fully saturated rings. The maximum Gasteiger partial charge on any atom is 0.303 e. The molecule has 0 amide bonds. The third kappa shape index (κ3) is 3.73. The number of carbonyl (C=O) groups is 1. The van der Waals surface area contributed by atoms with E-state index in [1.807, 2.05) is 12.1 Å². The summed E-state index contributed by atoms with van der Waals surface area (Å²) in [6.45, 7) is 0. The second-order valence-electron chi connectivity index (χ2n) is 4.40. The average Bonchev–Trinajstić information content (AvgIpc) is 2.80. The summed E-state index contributed by atoms with van der Waals surface area (Å²) in [5.41, 5.74) is 0.780. The van der Waals surface area contributed by atoms with Gasteiger partial charge in [-0.3, -0.25) is 9.78 Å². The Balaban J connectivity index is 1.93. The molecule has 0 aliphatic heterocycles. The maximum absolute atomic E-state index is 10.5. The zero-order valence-electron chi connectivity index (χ0n) is 9.76. The van der Waals surface area contributed by atoms with Gasteiger partial charge in [0.2, 0.25) is 0 Å². The van der Waals surface area contributed by atoms with Crippen LogP contribution in [0.25, 0.3) is 0 Å². The lowest BCUT2D eigenvalue weighted by Crippen LogP contribution is -2.11. The molecule has 4 heteroatoms. The van der Waals surface area contributed by atoms with E-state index >= 15 is 0 Å². The van der Waals surface area contributed by atoms with Crippen LogP contribution in [0.15, 0.2) is 18.3 Å². The van der Waals surface area contributed by atoms with Crippen molar-refractivity contribution in [2.45, 2.75) is 44.6 Å². The van der Waals surface area contributed by atoms with E-state index < -0.39 is 5.97 Å². The lowest BCUT2D eigenvalue weighted by molar-refractivity contribution is -0.136. The lowest BCUT2D eigenvalue weighted by atomic mass is 10.2. The summed E-state index contributed by atoms with van der Waals surface area (Å²) in [5, 5.41) is 8.61. The van der Waals surface area contributed by atoms with Crippen LogP contribution in [0.4, 0.5) is 0 Å². The summed E-state index contributed by atoms with van der Waals surface area (Å²) in [6, 6.07) is 3.68. The van der Waals surface area contributed by atoms with E-state index in [0.29, 0.717) is 12.5 Å². The van der Waals surface area contributed by atoms with Crippen molar-refractivity contribution in [3.63, 3.8) is 0 Å². The van der Waals surface area contributed by atoms with E-state index in [1.165, 1.54) is 12.8 Å². The zero-order chi connectivity index (χ0) is 12.1. The minimum Gasteiger partial charge on any atom is -0.490 e. The Kier molecular flexibility index (Phi) is 3.96. The van der Waals surface area contributed by atoms with E-state index in [-0.39, 0.29) is 6.42 Å². The Morgan fingerprint density at radius 1 is 1.47 bits per heavy atom. The number of rotatable bonds is 5. The average molecular weight is 235 g/mol. The maximum atomic E-state index is 10.5. The van der Waals surface area contributed by atoms with Crippen LogP contribution < -0.4 is 4.74 Å². The van der Waals surface area contributed by atoms with Crippen molar-refractivity contribution in [1.82, 2.24) is 4.98 Å². The minimum absolute atomic E-state index is 0.111. The molecule has 0 radical (unpaired) electrons. The Morgan fingerprint density at radius 2 is 2.24 bits per heavy atom. The van der Waals surface area contributed by atoms with Gasteiger partial charge in [-0.05, 0) is 31.7 Å². The second kappa shape index (κ2) is 5.66. The fourth-order valence-electron chi connectivity index (χ4n) is 2.10. The molecule has 2 rings (SSSR count). The van der Waals surface area contributed by atoms with Crippen molar-refractivity contribution in [2.24, 2.45) is 0 Å². The summed E-state index contributed by atoms with van der Waals surface area (Å²) >= 11 is 0. The third-order valence-electron chi connectivity index (χ3n) is 2.99. The number of hydrogen-bond donors (Lipinski definition) is 1. The van der Waals surface area contributed by atoms with E-state index in [2.05, 4.69) is 4.98 Å². The van der Waals surface area contributed by atoms with E-state index in [1.54, 1.807) is 6.20 Å². The van der Waals surface area contributed by atoms with Gasteiger partial charge in [-0.25, -0.2) is 0 Å². The molecule has 92 valence electrons. The van der Waals surface area contributed by atoms with Gasteiger partial charge >= 0.3 is 5.97 Å². The normalized spacial score (nSPS) is 16.0. The SMILES string of the molecule is O=C(O)CCc1cc(OC2CCCC2)ccn1. The number of aromatic nitrogens is 1. The fraction of sp³-hybridized carbons (Fsp3) is 0.538. The van der Waals surface area contributed by atoms with Crippen LogP contribution in [0, 0.1) is 0 Å². The quantitative estimate of drug-likeness (QED) is 0.851. The van der Waals surface area contributed by atoms with Crippen molar-refractivity contribution in [3.05, 3.63) is 24.0 Å². The lowest BCUT2D eigenvalue weighted by Gasteiger charge is -2.13. The Labute approximate surface area is 101 Å². The number of ether oxygens (including phenoxy) is 1. The van der Waals surface area contributed by atoms with Crippen LogP contribution in [0.5, 0.6) is 5.75 Å². The van der Waals surface area contributed by atoms with Crippen LogP contribution in [-0.4, -0.2) is 22.2 Å². The topological polar surface area (TPSA) is 59.4 Å². The van der Waals surface area contributed by atoms with E-state index in [4.69, 9.17) is 9.84 Å². The van der Waals surface area contributed by atoms with Crippen molar-refractivity contribution >= 4 is 5.97 Å². The van der Waals surface area contributed by atoms with Crippen molar-refractivity contribution in [3.8, 4) is 5.75 Å². The number of carboxylic acids is 1. The Bertz CT molecular complexity index is 386. The molecular weight excluding hydrogens is 218 g/mol. The number of aliphatic carboxylic acids is 1. The van der Waals surface area contributed by atoms with E-state index in [0.717, 1.165) is 24.3 Å². The second-order valence-corrected chi connectivity index (χ2v) is 4.40. The molecule has 17 heavy (non-hydrogen) atoms. The van der Waals surface area contributed by atoms with Crippen molar-refractivity contribution in [1.29, 1.82) is 0 Å². The molecule has 1 aromatic rings. The molecule has 0 aromatic carbocycles. The number of carboxylic acid groups (broad SMARTS) is 1. The van der Waals surface area contributed by atoms with Crippen LogP contribution in [-0.2, 0) is 11.2 Å². The standard InChI is InChI=1S/C13H17NO3/c15-13(16)6-5-10-9-12(7-8-14-10)17-11-3-1-2-4-11/h7-9,11H,1-6H2,(H,15,16). The molecule has 1 saturated carbocycles. The highest BCUT2D eigenvalue weighted by Gasteiger charge is 2.16. The molecule has 0 bridgehead atoms. The first-order valence-corrected chi connectivity index (χ1v) is 6.07. The smallest absolute Gasteiger partial charge is 0.303 e. The van der Waals surface area contributed by atoms with Crippen molar-refractivity contribution < 1.29 is 14.6 Å². The molecule has 1 N–H and O–H groups in total. The number of hydrogen-bond acceptors (Lipinski definition) is 3. The minimum atomic E-state index is -0.797. The van der Waals surface area contributed by atoms with Crippen LogP contribution in [0.2, 0.25) is 0 Å². The van der Waals surface area contributed by atoms with Gasteiger partial charge in [0.05, 0.1) is 12.5 Å². The molecule has 1 heterocycles. The predicted octanol–water partition coefficient (Wildman–Crippen LogP) is 2.42. The van der Waals surface area contributed by atoms with Gasteiger partial charge in [-0.15, -0.1) is 0 Å². The van der Waals surface area contributed by atoms with Crippen LogP contribution in [0.3, 0.4) is 0 Å². The summed E-state index contributed by atoms with van der Waals surface area (Å²) in [6.07, 6.45) is 7.28. The predicted molar refractivity (Wildman–Crippen MR) is 63.1 cm³/mol. The summed E-state index contributed by atoms with van der Waals surface area (Å²) in [5.74, 6) is 0.0150. The molecule has 0 unspecified atom stereocenters. The number of pyridine rings is 1. The van der Waals surface area contributed by atoms with Gasteiger partial charge in [-0.1, -0.05) is 0 Å². The molecule has 0 spiro atoms. The van der Waals surface area contributed by atoms with Gasteiger partial charge in [0, 0.05) is 24.4 Å². The summed E-state index contributed by atoms with van der Waals surface area (Å²) in [4.78, 5) is 14.6. The molecule has 4 nitrogen and oxygen atoms in total. The first-order chi connectivity index (χ1) is 8.24. The zero-order valence-corrected chi connectivity index (χ0v) is 9.76. The van der Waals surface area contributed by atoms with Crippen LogP contribution in [0.1, 0.15) is 37.8 Å². The molecule has 1 aromatic heterocycles. The van der Waals surface area contributed by atoms with Gasteiger partial charge in [-0.2, -0.15) is 0 Å². The molecule has 1 aliphatic carbocycles. The molecule has 0 saturated heterocycles. The fourth-order valence-corrected chi connectivity index (χ4v) is 2.10. The molecule has 1 aliphatic rings. The largest absolute Gasteiger partial charge is 0.490 e. The van der Waals surface area contributed by atoms with Gasteiger partial charge < -0.3 is 9.84 Å². The van der Waals surface area contributed by atoms with Crippen LogP contribution >= 0.6 is 0 Å². The number of aryl methyl sites for hydroxylation is 1. The monoisotopic (exact) mass is 235 g/mol. The molecule has 0 atom stereocenters. The molecular formula is C13H17NO3. The Hall–Kier alpha value is -1.58. The highest BCUT2D eigenvalue weighted by atomic mass is 16.5. The van der Waals surface area contributed by atoms with Gasteiger partial charge in [0.15, 0.2) is 0 Å². The first-order valence-electron chi connectivity index (χ1n) is 6.07. The summed E-state index contributed by atoms with van der Waals surface area (Å²) in [7, 11) is 0. The van der Waals surface area contributed by atoms with Gasteiger partial charge in [0.25, 0.3) is 0 Å². The third-order valence-corrected chi connectivity index (χ3v) is 2.99. The highest BCUT2D eigenvalue weighted by molar-refractivity contribution is 5.66. The van der Waals surface area contributed by atoms with Crippen molar-refractivity contribution in [2.75, 3.05) is 0 Å². The van der Waals surface area contributed by atoms with E-state index in [9.17, 15) is 4.79 Å².